The van der Waals surface area contributed by atoms with Gasteiger partial charge in [0.15, 0.2) is 0 Å². The first kappa shape index (κ1) is 14.1. The Bertz CT molecular complexity index is 496. The molecule has 0 aliphatic rings. The van der Waals surface area contributed by atoms with Crippen molar-refractivity contribution in [3.8, 4) is 6.07 Å². The predicted octanol–water partition coefficient (Wildman–Crippen LogP) is 1.67. The van der Waals surface area contributed by atoms with Crippen LogP contribution in [0.15, 0.2) is 12.1 Å². The van der Waals surface area contributed by atoms with Gasteiger partial charge in [0.2, 0.25) is 0 Å². The van der Waals surface area contributed by atoms with Crippen molar-refractivity contribution in [2.24, 2.45) is 5.73 Å². The van der Waals surface area contributed by atoms with Gasteiger partial charge >= 0.3 is 5.97 Å². The molecule has 6 heteroatoms. The zero-order valence-corrected chi connectivity index (χ0v) is 9.74. The Labute approximate surface area is 103 Å². The fourth-order valence-corrected chi connectivity index (χ4v) is 1.63. The third-order valence-electron chi connectivity index (χ3n) is 2.55. The van der Waals surface area contributed by atoms with Gasteiger partial charge in [0.1, 0.15) is 0 Å². The molecule has 0 saturated heterocycles. The van der Waals surface area contributed by atoms with E-state index in [9.17, 15) is 13.6 Å². The molecule has 0 atom stereocenters. The predicted molar refractivity (Wildman–Crippen MR) is 59.7 cm³/mol. The lowest BCUT2D eigenvalue weighted by molar-refractivity contribution is -0.139. The number of esters is 1. The Morgan fingerprint density at radius 3 is 2.67 bits per heavy atom. The fourth-order valence-electron chi connectivity index (χ4n) is 1.63. The number of halogens is 2. The van der Waals surface area contributed by atoms with Crippen molar-refractivity contribution in [3.63, 3.8) is 0 Å². The summed E-state index contributed by atoms with van der Waals surface area (Å²) in [6.07, 6.45) is -3.13. The Morgan fingerprint density at radius 1 is 1.56 bits per heavy atom. The monoisotopic (exact) mass is 254 g/mol. The van der Waals surface area contributed by atoms with Crippen molar-refractivity contribution >= 4 is 5.97 Å². The van der Waals surface area contributed by atoms with E-state index in [-0.39, 0.29) is 29.7 Å². The molecule has 1 rings (SSSR count). The number of nitriles is 1. The molecule has 96 valence electrons. The van der Waals surface area contributed by atoms with Crippen LogP contribution in [0.3, 0.4) is 0 Å². The number of carbonyl (C=O) groups excluding carboxylic acids is 1. The molecule has 0 bridgehead atoms. The average Bonchev–Trinajstić information content (AvgIpc) is 2.37. The summed E-state index contributed by atoms with van der Waals surface area (Å²) < 4.78 is 30.1. The SMILES string of the molecule is COC(=O)Cc1c(C(F)F)ccc(CN)c1C#N. The molecule has 0 amide bonds. The van der Waals surface area contributed by atoms with Crippen LogP contribution in [0.1, 0.15) is 28.7 Å². The first-order chi connectivity index (χ1) is 8.54. The summed E-state index contributed by atoms with van der Waals surface area (Å²) in [7, 11) is 1.16. The van der Waals surface area contributed by atoms with Crippen LogP contribution < -0.4 is 5.73 Å². The standard InChI is InChI=1S/C12H12F2N2O2/c1-18-11(17)4-9-8(12(13)14)3-2-7(5-15)10(9)6-16/h2-3,12H,4-5,15H2,1H3. The van der Waals surface area contributed by atoms with Crippen LogP contribution in [0.5, 0.6) is 0 Å². The number of hydrogen-bond acceptors (Lipinski definition) is 4. The molecule has 0 spiro atoms. The third kappa shape index (κ3) is 2.81. The van der Waals surface area contributed by atoms with E-state index in [0.717, 1.165) is 7.11 Å². The van der Waals surface area contributed by atoms with Crippen molar-refractivity contribution < 1.29 is 18.3 Å². The van der Waals surface area contributed by atoms with Crippen LogP contribution in [-0.2, 0) is 22.5 Å². The van der Waals surface area contributed by atoms with Crippen molar-refractivity contribution in [1.82, 2.24) is 0 Å². The highest BCUT2D eigenvalue weighted by molar-refractivity contribution is 5.74. The van der Waals surface area contributed by atoms with Gasteiger partial charge in [-0.25, -0.2) is 8.78 Å². The highest BCUT2D eigenvalue weighted by Crippen LogP contribution is 2.28. The molecule has 0 aliphatic heterocycles. The molecule has 0 radical (unpaired) electrons. The number of rotatable bonds is 4. The maximum atomic E-state index is 12.8. The van der Waals surface area contributed by atoms with Gasteiger partial charge in [0.05, 0.1) is 25.2 Å². The molecular formula is C12H12F2N2O2. The van der Waals surface area contributed by atoms with E-state index >= 15 is 0 Å². The van der Waals surface area contributed by atoms with Crippen LogP contribution in [0, 0.1) is 11.3 Å². The van der Waals surface area contributed by atoms with Crippen molar-refractivity contribution in [3.05, 3.63) is 34.4 Å². The Kier molecular flexibility index (Phi) is 4.75. The summed E-state index contributed by atoms with van der Waals surface area (Å²) >= 11 is 0. The largest absolute Gasteiger partial charge is 0.469 e. The van der Waals surface area contributed by atoms with E-state index in [1.165, 1.54) is 12.1 Å². The molecule has 0 unspecified atom stereocenters. The van der Waals surface area contributed by atoms with Crippen molar-refractivity contribution in [2.45, 2.75) is 19.4 Å². The summed E-state index contributed by atoms with van der Waals surface area (Å²) in [5.74, 6) is -0.678. The smallest absolute Gasteiger partial charge is 0.310 e. The summed E-state index contributed by atoms with van der Waals surface area (Å²) in [6, 6.07) is 4.38. The molecule has 0 fully saturated rings. The highest BCUT2D eigenvalue weighted by Gasteiger charge is 2.21. The molecule has 2 N–H and O–H groups in total. The minimum absolute atomic E-state index is 0.0118. The Morgan fingerprint density at radius 2 is 2.22 bits per heavy atom. The van der Waals surface area contributed by atoms with Crippen LogP contribution in [0.2, 0.25) is 0 Å². The number of nitrogens with two attached hydrogens (primary N) is 1. The molecule has 0 heterocycles. The van der Waals surface area contributed by atoms with E-state index in [1.807, 2.05) is 6.07 Å². The summed E-state index contributed by atoms with van der Waals surface area (Å²) in [4.78, 5) is 11.2. The quantitative estimate of drug-likeness (QED) is 0.829. The molecule has 1 aromatic carbocycles. The molecule has 1 aromatic rings. The number of benzene rings is 1. The fraction of sp³-hybridized carbons (Fsp3) is 0.333. The lowest BCUT2D eigenvalue weighted by Gasteiger charge is -2.12. The molecule has 0 saturated carbocycles. The van der Waals surface area contributed by atoms with Gasteiger partial charge in [-0.1, -0.05) is 12.1 Å². The van der Waals surface area contributed by atoms with Crippen LogP contribution in [-0.4, -0.2) is 13.1 Å². The topological polar surface area (TPSA) is 76.1 Å². The molecule has 0 aromatic heterocycles. The lowest BCUT2D eigenvalue weighted by atomic mass is 9.94. The van der Waals surface area contributed by atoms with Gasteiger partial charge in [0, 0.05) is 12.1 Å². The van der Waals surface area contributed by atoms with Crippen LogP contribution in [0.25, 0.3) is 0 Å². The van der Waals surface area contributed by atoms with Crippen molar-refractivity contribution in [1.29, 1.82) is 5.26 Å². The van der Waals surface area contributed by atoms with Gasteiger partial charge in [-0.3, -0.25) is 4.79 Å². The zero-order valence-electron chi connectivity index (χ0n) is 9.74. The van der Waals surface area contributed by atoms with E-state index < -0.39 is 12.4 Å². The third-order valence-corrected chi connectivity index (χ3v) is 2.55. The highest BCUT2D eigenvalue weighted by atomic mass is 19.3. The summed E-state index contributed by atoms with van der Waals surface area (Å²) in [5.41, 5.74) is 5.54. The Hall–Kier alpha value is -2.00. The van der Waals surface area contributed by atoms with E-state index in [0.29, 0.717) is 5.56 Å². The van der Waals surface area contributed by atoms with E-state index in [4.69, 9.17) is 11.0 Å². The second kappa shape index (κ2) is 6.07. The summed E-state index contributed by atoms with van der Waals surface area (Å²) in [5, 5.41) is 9.02. The lowest BCUT2D eigenvalue weighted by Crippen LogP contribution is -2.12. The van der Waals surface area contributed by atoms with Gasteiger partial charge in [-0.15, -0.1) is 0 Å². The number of nitrogens with zero attached hydrogens (tertiary/aromatic N) is 1. The van der Waals surface area contributed by atoms with Crippen molar-refractivity contribution in [2.75, 3.05) is 7.11 Å². The van der Waals surface area contributed by atoms with Gasteiger partial charge < -0.3 is 10.5 Å². The van der Waals surface area contributed by atoms with E-state index in [2.05, 4.69) is 4.74 Å². The number of ether oxygens (including phenoxy) is 1. The minimum atomic E-state index is -2.76. The van der Waals surface area contributed by atoms with Gasteiger partial charge in [-0.2, -0.15) is 5.26 Å². The average molecular weight is 254 g/mol. The number of hydrogen-bond donors (Lipinski definition) is 1. The van der Waals surface area contributed by atoms with Crippen LogP contribution in [0.4, 0.5) is 8.78 Å². The number of alkyl halides is 2. The first-order valence-corrected chi connectivity index (χ1v) is 5.14. The maximum Gasteiger partial charge on any atom is 0.310 e. The molecule has 18 heavy (non-hydrogen) atoms. The molecule has 4 nitrogen and oxygen atoms in total. The maximum absolute atomic E-state index is 12.8. The van der Waals surface area contributed by atoms with Crippen LogP contribution >= 0.6 is 0 Å². The normalized spacial score (nSPS) is 10.2. The zero-order chi connectivity index (χ0) is 13.7. The van der Waals surface area contributed by atoms with Gasteiger partial charge in [0.25, 0.3) is 6.43 Å². The molecule has 0 aliphatic carbocycles. The first-order valence-electron chi connectivity index (χ1n) is 5.14. The second-order valence-electron chi connectivity index (χ2n) is 3.54. The second-order valence-corrected chi connectivity index (χ2v) is 3.54. The van der Waals surface area contributed by atoms with E-state index in [1.54, 1.807) is 0 Å². The summed E-state index contributed by atoms with van der Waals surface area (Å²) in [6.45, 7) is 0.0422. The Balaban J connectivity index is 3.39. The number of carbonyl (C=O) groups is 1. The minimum Gasteiger partial charge on any atom is -0.469 e. The molecular weight excluding hydrogens is 242 g/mol. The van der Waals surface area contributed by atoms with Gasteiger partial charge in [-0.05, 0) is 11.1 Å². The number of methoxy groups -OCH3 is 1.